The van der Waals surface area contributed by atoms with Crippen LogP contribution in [0.4, 0.5) is 17.6 Å². The van der Waals surface area contributed by atoms with Crippen molar-refractivity contribution in [2.24, 2.45) is 0 Å². The molecule has 2 nitrogen and oxygen atoms in total. The third-order valence-electron chi connectivity index (χ3n) is 1.85. The predicted octanol–water partition coefficient (Wildman–Crippen LogP) is 2.58. The molecule has 0 radical (unpaired) electrons. The number of carbonyl (C=O) groups is 1. The van der Waals surface area contributed by atoms with E-state index in [0.29, 0.717) is 6.08 Å². The molecular weight excluding hydrogens is 204 g/mol. The minimum atomic E-state index is -4.72. The highest BCUT2D eigenvalue weighted by molar-refractivity contribution is 5.87. The maximum Gasteiger partial charge on any atom is 0.415 e. The summed E-state index contributed by atoms with van der Waals surface area (Å²) in [5.74, 6) is -2.89. The van der Waals surface area contributed by atoms with Gasteiger partial charge in [-0.2, -0.15) is 13.2 Å². The first-order valence-electron chi connectivity index (χ1n) is 3.72. The molecule has 0 aromatic rings. The quantitative estimate of drug-likeness (QED) is 0.675. The summed E-state index contributed by atoms with van der Waals surface area (Å²) in [7, 11) is 0. The van der Waals surface area contributed by atoms with Crippen LogP contribution in [0.1, 0.15) is 12.8 Å². The van der Waals surface area contributed by atoms with Crippen LogP contribution in [0.15, 0.2) is 23.0 Å². The molecule has 1 rings (SSSR count). The van der Waals surface area contributed by atoms with Crippen molar-refractivity contribution >= 4 is 5.97 Å². The number of alkyl halides is 3. The topological polar surface area (TPSA) is 37.3 Å². The lowest BCUT2D eigenvalue weighted by molar-refractivity contribution is -0.133. The molecule has 0 saturated carbocycles. The van der Waals surface area contributed by atoms with Gasteiger partial charge in [0.1, 0.15) is 5.83 Å². The summed E-state index contributed by atoms with van der Waals surface area (Å²) < 4.78 is 48.9. The SMILES string of the molecule is O=C(O)C1=CC(F)=C(C(F)(F)F)CC1. The average Bonchev–Trinajstić information content (AvgIpc) is 2.01. The maximum absolute atomic E-state index is 12.8. The second-order valence-electron chi connectivity index (χ2n) is 2.80. The van der Waals surface area contributed by atoms with Crippen molar-refractivity contribution < 1.29 is 27.5 Å². The highest BCUT2D eigenvalue weighted by Gasteiger charge is 2.38. The number of aliphatic carboxylic acids is 1. The molecule has 0 spiro atoms. The van der Waals surface area contributed by atoms with Gasteiger partial charge in [-0.3, -0.25) is 0 Å². The van der Waals surface area contributed by atoms with Crippen molar-refractivity contribution in [3.05, 3.63) is 23.0 Å². The lowest BCUT2D eigenvalue weighted by atomic mass is 9.97. The van der Waals surface area contributed by atoms with Crippen LogP contribution in [0.25, 0.3) is 0 Å². The Kier molecular flexibility index (Phi) is 2.64. The van der Waals surface area contributed by atoms with Crippen LogP contribution in [-0.4, -0.2) is 17.3 Å². The van der Waals surface area contributed by atoms with Crippen molar-refractivity contribution in [3.8, 4) is 0 Å². The molecule has 0 aromatic carbocycles. The van der Waals surface area contributed by atoms with Gasteiger partial charge in [0.05, 0.1) is 5.57 Å². The molecular formula is C8H6F4O2. The van der Waals surface area contributed by atoms with E-state index in [1.54, 1.807) is 0 Å². The van der Waals surface area contributed by atoms with Crippen LogP contribution in [0, 0.1) is 0 Å². The van der Waals surface area contributed by atoms with E-state index < -0.39 is 30.0 Å². The van der Waals surface area contributed by atoms with Crippen molar-refractivity contribution in [2.75, 3.05) is 0 Å². The standard InChI is InChI=1S/C8H6F4O2/c9-6-3-4(7(13)14)1-2-5(6)8(10,11)12/h3H,1-2H2,(H,13,14). The predicted molar refractivity (Wildman–Crippen MR) is 39.1 cm³/mol. The largest absolute Gasteiger partial charge is 0.478 e. The fourth-order valence-electron chi connectivity index (χ4n) is 1.14. The lowest BCUT2D eigenvalue weighted by Gasteiger charge is -2.16. The maximum atomic E-state index is 12.8. The minimum Gasteiger partial charge on any atom is -0.478 e. The third-order valence-corrected chi connectivity index (χ3v) is 1.85. The van der Waals surface area contributed by atoms with E-state index in [1.807, 2.05) is 0 Å². The second kappa shape index (κ2) is 3.43. The van der Waals surface area contributed by atoms with Gasteiger partial charge in [0.15, 0.2) is 0 Å². The van der Waals surface area contributed by atoms with Gasteiger partial charge >= 0.3 is 12.1 Å². The Morgan fingerprint density at radius 2 is 1.93 bits per heavy atom. The molecule has 0 aromatic heterocycles. The monoisotopic (exact) mass is 210 g/mol. The molecule has 0 saturated heterocycles. The summed E-state index contributed by atoms with van der Waals surface area (Å²) in [6.07, 6.45) is -5.20. The summed E-state index contributed by atoms with van der Waals surface area (Å²) in [6.45, 7) is 0. The summed E-state index contributed by atoms with van der Waals surface area (Å²) in [6, 6.07) is 0. The van der Waals surface area contributed by atoms with Crippen molar-refractivity contribution in [2.45, 2.75) is 19.0 Å². The van der Waals surface area contributed by atoms with Crippen molar-refractivity contribution in [1.29, 1.82) is 0 Å². The summed E-state index contributed by atoms with van der Waals surface area (Å²) in [4.78, 5) is 10.3. The first kappa shape index (κ1) is 10.7. The molecule has 0 fully saturated rings. The third kappa shape index (κ3) is 2.12. The summed E-state index contributed by atoms with van der Waals surface area (Å²) >= 11 is 0. The molecule has 0 heterocycles. The summed E-state index contributed by atoms with van der Waals surface area (Å²) in [5.41, 5.74) is -1.63. The van der Waals surface area contributed by atoms with Crippen LogP contribution < -0.4 is 0 Å². The van der Waals surface area contributed by atoms with Crippen molar-refractivity contribution in [3.63, 3.8) is 0 Å². The lowest BCUT2D eigenvalue weighted by Crippen LogP contribution is -2.17. The van der Waals surface area contributed by atoms with Gasteiger partial charge in [0.25, 0.3) is 0 Å². The molecule has 0 unspecified atom stereocenters. The zero-order valence-corrected chi connectivity index (χ0v) is 6.86. The first-order chi connectivity index (χ1) is 6.32. The Morgan fingerprint density at radius 1 is 1.36 bits per heavy atom. The molecule has 1 N–H and O–H groups in total. The molecule has 0 amide bonds. The molecule has 1 aliphatic carbocycles. The number of carboxylic acids is 1. The van der Waals surface area contributed by atoms with Gasteiger partial charge in [0, 0.05) is 5.57 Å². The van der Waals surface area contributed by atoms with E-state index in [0.717, 1.165) is 0 Å². The smallest absolute Gasteiger partial charge is 0.415 e. The van der Waals surface area contributed by atoms with Crippen LogP contribution in [0.2, 0.25) is 0 Å². The van der Waals surface area contributed by atoms with E-state index in [-0.39, 0.29) is 12.0 Å². The van der Waals surface area contributed by atoms with E-state index >= 15 is 0 Å². The van der Waals surface area contributed by atoms with E-state index in [9.17, 15) is 22.4 Å². The Labute approximate surface area is 76.5 Å². The Balaban J connectivity index is 3.03. The fourth-order valence-corrected chi connectivity index (χ4v) is 1.14. The molecule has 14 heavy (non-hydrogen) atoms. The molecule has 1 aliphatic rings. The van der Waals surface area contributed by atoms with E-state index in [4.69, 9.17) is 5.11 Å². The van der Waals surface area contributed by atoms with Gasteiger partial charge < -0.3 is 5.11 Å². The molecule has 0 atom stereocenters. The van der Waals surface area contributed by atoms with Crippen LogP contribution in [0.5, 0.6) is 0 Å². The van der Waals surface area contributed by atoms with Gasteiger partial charge in [-0.1, -0.05) is 0 Å². The molecule has 6 heteroatoms. The fraction of sp³-hybridized carbons (Fsp3) is 0.375. The van der Waals surface area contributed by atoms with Crippen LogP contribution in [0.3, 0.4) is 0 Å². The number of rotatable bonds is 1. The number of carboxylic acid groups (broad SMARTS) is 1. The van der Waals surface area contributed by atoms with Gasteiger partial charge in [-0.15, -0.1) is 0 Å². The Hall–Kier alpha value is -1.33. The van der Waals surface area contributed by atoms with Gasteiger partial charge in [-0.05, 0) is 18.9 Å². The Bertz CT molecular complexity index is 325. The molecule has 0 aliphatic heterocycles. The first-order valence-corrected chi connectivity index (χ1v) is 3.72. The second-order valence-corrected chi connectivity index (χ2v) is 2.80. The normalized spacial score (nSPS) is 18.1. The van der Waals surface area contributed by atoms with E-state index in [1.165, 1.54) is 0 Å². The average molecular weight is 210 g/mol. The number of halogens is 4. The highest BCUT2D eigenvalue weighted by Crippen LogP contribution is 2.36. The Morgan fingerprint density at radius 3 is 2.29 bits per heavy atom. The number of allylic oxidation sites excluding steroid dienone is 3. The van der Waals surface area contributed by atoms with Gasteiger partial charge in [-0.25, -0.2) is 9.18 Å². The molecule has 78 valence electrons. The minimum absolute atomic E-state index is 0.294. The van der Waals surface area contributed by atoms with Crippen LogP contribution in [-0.2, 0) is 4.79 Å². The zero-order valence-electron chi connectivity index (χ0n) is 6.86. The van der Waals surface area contributed by atoms with Crippen molar-refractivity contribution in [1.82, 2.24) is 0 Å². The number of hydrogen-bond donors (Lipinski definition) is 1. The zero-order chi connectivity index (χ0) is 10.9. The van der Waals surface area contributed by atoms with E-state index in [2.05, 4.69) is 0 Å². The highest BCUT2D eigenvalue weighted by atomic mass is 19.4. The van der Waals surface area contributed by atoms with Crippen LogP contribution >= 0.6 is 0 Å². The molecule has 0 bridgehead atoms. The number of hydrogen-bond acceptors (Lipinski definition) is 1. The van der Waals surface area contributed by atoms with Gasteiger partial charge in [0.2, 0.25) is 0 Å². The summed E-state index contributed by atoms with van der Waals surface area (Å²) in [5, 5.41) is 8.41.